The van der Waals surface area contributed by atoms with Gasteiger partial charge < -0.3 is 10.2 Å². The molecule has 0 spiro atoms. The van der Waals surface area contributed by atoms with Gasteiger partial charge in [0.15, 0.2) is 0 Å². The maximum Gasteiger partial charge on any atom is 0.243 e. The van der Waals surface area contributed by atoms with Gasteiger partial charge in [0.05, 0.1) is 11.9 Å². The summed E-state index contributed by atoms with van der Waals surface area (Å²) in [6, 6.07) is 24.2. The zero-order chi connectivity index (χ0) is 30.0. The molecule has 0 aliphatic heterocycles. The highest BCUT2D eigenvalue weighted by Gasteiger charge is 2.31. The first kappa shape index (κ1) is 31.9. The number of sulfonamides is 1. The van der Waals surface area contributed by atoms with E-state index in [2.05, 4.69) is 5.32 Å². The number of aryl methyl sites for hydroxylation is 2. The van der Waals surface area contributed by atoms with Gasteiger partial charge in [-0.3, -0.25) is 13.9 Å². The Kier molecular flexibility index (Phi) is 11.5. The number of carbonyl (C=O) groups excluding carboxylic acids is 2. The van der Waals surface area contributed by atoms with Crippen LogP contribution in [0.1, 0.15) is 55.4 Å². The van der Waals surface area contributed by atoms with Crippen LogP contribution in [-0.4, -0.2) is 50.0 Å². The summed E-state index contributed by atoms with van der Waals surface area (Å²) in [5, 5.41) is 3.08. The maximum atomic E-state index is 13.9. The minimum atomic E-state index is -3.54. The summed E-state index contributed by atoms with van der Waals surface area (Å²) < 4.78 is 26.6. The van der Waals surface area contributed by atoms with Crippen LogP contribution < -0.4 is 9.62 Å². The molecule has 0 saturated heterocycles. The summed E-state index contributed by atoms with van der Waals surface area (Å²) in [7, 11) is -3.54. The second-order valence-electron chi connectivity index (χ2n) is 10.8. The van der Waals surface area contributed by atoms with Crippen LogP contribution in [0.5, 0.6) is 0 Å². The van der Waals surface area contributed by atoms with E-state index in [-0.39, 0.29) is 37.4 Å². The number of amides is 2. The van der Waals surface area contributed by atoms with Crippen LogP contribution in [-0.2, 0) is 32.6 Å². The lowest BCUT2D eigenvalue weighted by Gasteiger charge is -2.33. The van der Waals surface area contributed by atoms with Gasteiger partial charge >= 0.3 is 0 Å². The Hall–Kier alpha value is -3.65. The van der Waals surface area contributed by atoms with Crippen LogP contribution in [0.2, 0.25) is 0 Å². The molecular formula is C33H43N3O4S. The number of hydrogen-bond acceptors (Lipinski definition) is 4. The van der Waals surface area contributed by atoms with E-state index in [0.717, 1.165) is 28.7 Å². The fraction of sp³-hybridized carbons (Fsp3) is 0.394. The number of rotatable bonds is 14. The van der Waals surface area contributed by atoms with Crippen molar-refractivity contribution in [3.8, 4) is 0 Å². The van der Waals surface area contributed by atoms with Crippen LogP contribution in [0, 0.1) is 13.8 Å². The van der Waals surface area contributed by atoms with Crippen molar-refractivity contribution in [1.29, 1.82) is 0 Å². The minimum absolute atomic E-state index is 0.0328. The van der Waals surface area contributed by atoms with E-state index >= 15 is 0 Å². The van der Waals surface area contributed by atoms with Gasteiger partial charge in [-0.25, -0.2) is 8.42 Å². The van der Waals surface area contributed by atoms with Crippen LogP contribution in [0.15, 0.2) is 78.9 Å². The van der Waals surface area contributed by atoms with E-state index < -0.39 is 16.1 Å². The summed E-state index contributed by atoms with van der Waals surface area (Å²) in [5.41, 5.74) is 4.56. The third-order valence-electron chi connectivity index (χ3n) is 7.18. The molecule has 3 aromatic rings. The van der Waals surface area contributed by atoms with Crippen molar-refractivity contribution < 1.29 is 18.0 Å². The molecule has 1 N–H and O–H groups in total. The molecule has 0 fully saturated rings. The molecule has 2 atom stereocenters. The van der Waals surface area contributed by atoms with Crippen LogP contribution >= 0.6 is 0 Å². The Morgan fingerprint density at radius 1 is 0.878 bits per heavy atom. The number of benzene rings is 3. The first-order valence-electron chi connectivity index (χ1n) is 14.2. The predicted octanol–water partition coefficient (Wildman–Crippen LogP) is 5.40. The standard InChI is InChI=1S/C33H43N3O4S/c1-6-27(4)34-33(38)31(23-28-13-8-7-9-14-28)35(24-29-15-10-12-26(3)22-29)32(37)16-11-21-36(41(5,39)40)30-19-17-25(2)18-20-30/h7-10,12-15,17-20,22,27,31H,6,11,16,21,23-24H2,1-5H3,(H,34,38). The van der Waals surface area contributed by atoms with Crippen LogP contribution in [0.3, 0.4) is 0 Å². The second kappa shape index (κ2) is 14.8. The molecule has 3 aromatic carbocycles. The van der Waals surface area contributed by atoms with Crippen molar-refractivity contribution in [1.82, 2.24) is 10.2 Å². The van der Waals surface area contributed by atoms with Crippen LogP contribution in [0.4, 0.5) is 5.69 Å². The molecule has 0 radical (unpaired) electrons. The number of hydrogen-bond donors (Lipinski definition) is 1. The van der Waals surface area contributed by atoms with Crippen molar-refractivity contribution in [2.45, 2.75) is 72.0 Å². The molecule has 41 heavy (non-hydrogen) atoms. The van der Waals surface area contributed by atoms with E-state index in [1.54, 1.807) is 17.0 Å². The number of nitrogens with one attached hydrogen (secondary N) is 1. The summed E-state index contributed by atoms with van der Waals surface area (Å²) >= 11 is 0. The summed E-state index contributed by atoms with van der Waals surface area (Å²) in [6.07, 6.45) is 2.74. The van der Waals surface area contributed by atoms with Gasteiger partial charge in [0, 0.05) is 32.0 Å². The number of nitrogens with zero attached hydrogens (tertiary/aromatic N) is 2. The molecule has 3 rings (SSSR count). The molecule has 7 nitrogen and oxygen atoms in total. The fourth-order valence-corrected chi connectivity index (χ4v) is 5.68. The summed E-state index contributed by atoms with van der Waals surface area (Å²) in [4.78, 5) is 29.2. The highest BCUT2D eigenvalue weighted by Crippen LogP contribution is 2.21. The van der Waals surface area contributed by atoms with Gasteiger partial charge in [-0.1, -0.05) is 84.8 Å². The smallest absolute Gasteiger partial charge is 0.243 e. The largest absolute Gasteiger partial charge is 0.352 e. The molecule has 0 aliphatic carbocycles. The molecule has 8 heteroatoms. The normalized spacial score (nSPS) is 12.8. The van der Waals surface area contributed by atoms with Crippen molar-refractivity contribution in [2.75, 3.05) is 17.1 Å². The lowest BCUT2D eigenvalue weighted by molar-refractivity contribution is -0.141. The van der Waals surface area contributed by atoms with Crippen LogP contribution in [0.25, 0.3) is 0 Å². The third-order valence-corrected chi connectivity index (χ3v) is 8.38. The predicted molar refractivity (Wildman–Crippen MR) is 166 cm³/mol. The summed E-state index contributed by atoms with van der Waals surface area (Å²) in [6.45, 7) is 8.34. The molecule has 0 heterocycles. The van der Waals surface area contributed by atoms with Crippen molar-refractivity contribution in [3.05, 3.63) is 101 Å². The van der Waals surface area contributed by atoms with Gasteiger partial charge in [-0.05, 0) is 56.9 Å². The first-order valence-corrected chi connectivity index (χ1v) is 16.1. The van der Waals surface area contributed by atoms with Gasteiger partial charge in [0.2, 0.25) is 21.8 Å². The SMILES string of the molecule is CCC(C)NC(=O)C(Cc1ccccc1)N(Cc1cccc(C)c1)C(=O)CCCN(c1ccc(C)cc1)S(C)(=O)=O. The van der Waals surface area contributed by atoms with Gasteiger partial charge in [0.1, 0.15) is 6.04 Å². The molecule has 0 aliphatic rings. The zero-order valence-electron chi connectivity index (χ0n) is 24.8. The highest BCUT2D eigenvalue weighted by atomic mass is 32.2. The average Bonchev–Trinajstić information content (AvgIpc) is 2.93. The average molecular weight is 578 g/mol. The highest BCUT2D eigenvalue weighted by molar-refractivity contribution is 7.92. The first-order chi connectivity index (χ1) is 19.5. The lowest BCUT2D eigenvalue weighted by Crippen LogP contribution is -2.52. The molecule has 0 saturated carbocycles. The van der Waals surface area contributed by atoms with Crippen molar-refractivity contribution in [2.24, 2.45) is 0 Å². The Balaban J connectivity index is 1.89. The van der Waals surface area contributed by atoms with Gasteiger partial charge in [0.25, 0.3) is 0 Å². The monoisotopic (exact) mass is 577 g/mol. The lowest BCUT2D eigenvalue weighted by atomic mass is 10.0. The second-order valence-corrected chi connectivity index (χ2v) is 12.7. The molecule has 0 aromatic heterocycles. The maximum absolute atomic E-state index is 13.9. The third kappa shape index (κ3) is 9.74. The van der Waals surface area contributed by atoms with E-state index in [4.69, 9.17) is 0 Å². The Labute approximate surface area is 245 Å². The summed E-state index contributed by atoms with van der Waals surface area (Å²) in [5.74, 6) is -0.384. The number of anilines is 1. The topological polar surface area (TPSA) is 86.8 Å². The van der Waals surface area contributed by atoms with E-state index in [1.807, 2.05) is 94.4 Å². The van der Waals surface area contributed by atoms with Crippen molar-refractivity contribution >= 4 is 27.5 Å². The van der Waals surface area contributed by atoms with Crippen molar-refractivity contribution in [3.63, 3.8) is 0 Å². The molecule has 2 amide bonds. The van der Waals surface area contributed by atoms with E-state index in [9.17, 15) is 18.0 Å². The molecule has 2 unspecified atom stereocenters. The Morgan fingerprint density at radius 3 is 2.15 bits per heavy atom. The Morgan fingerprint density at radius 2 is 1.54 bits per heavy atom. The van der Waals surface area contributed by atoms with Gasteiger partial charge in [-0.2, -0.15) is 0 Å². The molecular weight excluding hydrogens is 534 g/mol. The molecule has 0 bridgehead atoms. The Bertz CT molecular complexity index is 1390. The zero-order valence-corrected chi connectivity index (χ0v) is 25.7. The minimum Gasteiger partial charge on any atom is -0.352 e. The fourth-order valence-electron chi connectivity index (χ4n) is 4.72. The van der Waals surface area contributed by atoms with E-state index in [0.29, 0.717) is 18.5 Å². The quantitative estimate of drug-likeness (QED) is 0.278. The van der Waals surface area contributed by atoms with Gasteiger partial charge in [-0.15, -0.1) is 0 Å². The van der Waals surface area contributed by atoms with E-state index in [1.165, 1.54) is 10.6 Å². The molecule has 220 valence electrons. The number of carbonyl (C=O) groups is 2.